The number of dihydropyridines is 1. The highest BCUT2D eigenvalue weighted by molar-refractivity contribution is 9.10. The van der Waals surface area contributed by atoms with Crippen LogP contribution in [0.5, 0.6) is 5.75 Å². The maximum atomic E-state index is 11.6. The number of benzene rings is 1. The van der Waals surface area contributed by atoms with Crippen molar-refractivity contribution in [1.29, 1.82) is 0 Å². The van der Waals surface area contributed by atoms with Gasteiger partial charge in [0, 0.05) is 17.4 Å². The fourth-order valence-electron chi connectivity index (χ4n) is 1.92. The van der Waals surface area contributed by atoms with Crippen LogP contribution in [0.15, 0.2) is 32.7 Å². The predicted molar refractivity (Wildman–Crippen MR) is 69.3 cm³/mol. The van der Waals surface area contributed by atoms with Crippen molar-refractivity contribution in [2.24, 2.45) is 9.98 Å². The molecule has 0 unspecified atom stereocenters. The van der Waals surface area contributed by atoms with Crippen LogP contribution in [0.2, 0.25) is 0 Å². The SMILES string of the molecule is COc1ccc2c(c1Br)C1=CC=NC(=O)C1=N2. The van der Waals surface area contributed by atoms with Crippen LogP contribution in [0.1, 0.15) is 5.56 Å². The van der Waals surface area contributed by atoms with Gasteiger partial charge < -0.3 is 4.74 Å². The minimum absolute atomic E-state index is 0.301. The molecule has 84 valence electrons. The van der Waals surface area contributed by atoms with Crippen molar-refractivity contribution in [2.75, 3.05) is 7.11 Å². The lowest BCUT2D eigenvalue weighted by Gasteiger charge is -2.09. The quantitative estimate of drug-likeness (QED) is 0.798. The molecule has 2 aliphatic heterocycles. The Hall–Kier alpha value is -1.75. The van der Waals surface area contributed by atoms with E-state index in [1.54, 1.807) is 13.2 Å². The fourth-order valence-corrected chi connectivity index (χ4v) is 2.63. The second kappa shape index (κ2) is 3.63. The molecule has 5 heteroatoms. The van der Waals surface area contributed by atoms with Gasteiger partial charge in [-0.05, 0) is 34.1 Å². The number of hydrogen-bond donors (Lipinski definition) is 0. The van der Waals surface area contributed by atoms with Gasteiger partial charge in [-0.3, -0.25) is 4.79 Å². The van der Waals surface area contributed by atoms with Crippen LogP contribution in [0.25, 0.3) is 5.57 Å². The first-order valence-electron chi connectivity index (χ1n) is 4.97. The highest BCUT2D eigenvalue weighted by Gasteiger charge is 2.30. The molecule has 0 saturated carbocycles. The monoisotopic (exact) mass is 290 g/mol. The third-order valence-corrected chi connectivity index (χ3v) is 3.48. The zero-order valence-corrected chi connectivity index (χ0v) is 10.5. The van der Waals surface area contributed by atoms with Gasteiger partial charge in [0.25, 0.3) is 5.91 Å². The fraction of sp³-hybridized carbons (Fsp3) is 0.0833. The summed E-state index contributed by atoms with van der Waals surface area (Å²) < 4.78 is 6.04. The van der Waals surface area contributed by atoms with Crippen LogP contribution >= 0.6 is 15.9 Å². The standard InChI is InChI=1S/C12H7BrN2O2/c1-17-8-3-2-7-9(10(8)13)6-4-5-14-12(16)11(6)15-7/h2-5H,1H3. The molecule has 0 radical (unpaired) electrons. The van der Waals surface area contributed by atoms with Crippen LogP contribution < -0.4 is 4.74 Å². The van der Waals surface area contributed by atoms with E-state index in [0.29, 0.717) is 5.71 Å². The smallest absolute Gasteiger partial charge is 0.296 e. The largest absolute Gasteiger partial charge is 0.496 e. The number of allylic oxidation sites excluding steroid dienone is 1. The number of nitrogens with zero attached hydrogens (tertiary/aromatic N) is 2. The number of carbonyl (C=O) groups is 1. The van der Waals surface area contributed by atoms with Gasteiger partial charge in [0.2, 0.25) is 0 Å². The molecular formula is C12H7BrN2O2. The van der Waals surface area contributed by atoms with Gasteiger partial charge in [-0.2, -0.15) is 0 Å². The van der Waals surface area contributed by atoms with Gasteiger partial charge in [-0.1, -0.05) is 0 Å². The van der Waals surface area contributed by atoms with Gasteiger partial charge in [-0.25, -0.2) is 9.98 Å². The summed E-state index contributed by atoms with van der Waals surface area (Å²) in [6.07, 6.45) is 3.29. The average Bonchev–Trinajstić information content (AvgIpc) is 2.70. The first kappa shape index (κ1) is 10.4. The molecule has 0 bridgehead atoms. The molecule has 2 heterocycles. The summed E-state index contributed by atoms with van der Waals surface area (Å²) >= 11 is 3.48. The van der Waals surface area contributed by atoms with Crippen molar-refractivity contribution in [3.63, 3.8) is 0 Å². The van der Waals surface area contributed by atoms with Crippen molar-refractivity contribution in [3.8, 4) is 5.75 Å². The van der Waals surface area contributed by atoms with E-state index in [9.17, 15) is 4.79 Å². The maximum Gasteiger partial charge on any atom is 0.296 e. The van der Waals surface area contributed by atoms with Crippen LogP contribution in [0.4, 0.5) is 5.69 Å². The summed E-state index contributed by atoms with van der Waals surface area (Å²) in [5.41, 5.74) is 2.85. The van der Waals surface area contributed by atoms with E-state index in [1.807, 2.05) is 12.1 Å². The third kappa shape index (κ3) is 1.39. The Morgan fingerprint density at radius 3 is 2.94 bits per heavy atom. The number of amides is 1. The van der Waals surface area contributed by atoms with E-state index in [-0.39, 0.29) is 5.91 Å². The molecule has 17 heavy (non-hydrogen) atoms. The molecule has 3 rings (SSSR count). The average molecular weight is 291 g/mol. The van der Waals surface area contributed by atoms with E-state index < -0.39 is 0 Å². The van der Waals surface area contributed by atoms with Crippen LogP contribution in [0, 0.1) is 0 Å². The van der Waals surface area contributed by atoms with Crippen LogP contribution in [-0.4, -0.2) is 24.9 Å². The normalized spacial score (nSPS) is 16.2. The number of carbonyl (C=O) groups excluding carboxylic acids is 1. The van der Waals surface area contributed by atoms with E-state index >= 15 is 0 Å². The molecule has 0 fully saturated rings. The minimum atomic E-state index is -0.301. The maximum absolute atomic E-state index is 11.6. The molecule has 0 aliphatic carbocycles. The highest BCUT2D eigenvalue weighted by Crippen LogP contribution is 2.44. The molecular weight excluding hydrogens is 284 g/mol. The molecule has 0 spiro atoms. The molecule has 0 N–H and O–H groups in total. The first-order valence-corrected chi connectivity index (χ1v) is 5.76. The molecule has 4 nitrogen and oxygen atoms in total. The van der Waals surface area contributed by atoms with Gasteiger partial charge in [0.1, 0.15) is 11.5 Å². The Morgan fingerprint density at radius 1 is 1.35 bits per heavy atom. The van der Waals surface area contributed by atoms with Crippen molar-refractivity contribution in [2.45, 2.75) is 0 Å². The topological polar surface area (TPSA) is 51.0 Å². The number of aliphatic imine (C=N–C) groups is 2. The Morgan fingerprint density at radius 2 is 2.18 bits per heavy atom. The van der Waals surface area contributed by atoms with E-state index in [0.717, 1.165) is 27.0 Å². The van der Waals surface area contributed by atoms with Gasteiger partial charge in [0.05, 0.1) is 17.3 Å². The predicted octanol–water partition coefficient (Wildman–Crippen LogP) is 2.54. The summed E-state index contributed by atoms with van der Waals surface area (Å²) in [5.74, 6) is 0.417. The van der Waals surface area contributed by atoms with Gasteiger partial charge in [-0.15, -0.1) is 0 Å². The van der Waals surface area contributed by atoms with Crippen LogP contribution in [-0.2, 0) is 4.79 Å². The Labute approximate surface area is 106 Å². The summed E-state index contributed by atoms with van der Waals surface area (Å²) in [5, 5.41) is 0. The Balaban J connectivity index is 2.27. The summed E-state index contributed by atoms with van der Waals surface area (Å²) in [6, 6.07) is 3.65. The molecule has 1 amide bonds. The molecule has 0 saturated heterocycles. The van der Waals surface area contributed by atoms with E-state index in [2.05, 4.69) is 25.9 Å². The second-order valence-corrected chi connectivity index (χ2v) is 4.39. The second-order valence-electron chi connectivity index (χ2n) is 3.60. The number of fused-ring (bicyclic) bond motifs is 3. The summed E-state index contributed by atoms with van der Waals surface area (Å²) in [7, 11) is 1.60. The lowest BCUT2D eigenvalue weighted by atomic mass is 10.0. The van der Waals surface area contributed by atoms with Crippen LogP contribution in [0.3, 0.4) is 0 Å². The molecule has 0 atom stereocenters. The Kier molecular flexibility index (Phi) is 2.22. The van der Waals surface area contributed by atoms with E-state index in [1.165, 1.54) is 6.21 Å². The van der Waals surface area contributed by atoms with Crippen molar-refractivity contribution in [3.05, 3.63) is 28.2 Å². The lowest BCUT2D eigenvalue weighted by Crippen LogP contribution is -2.14. The molecule has 1 aromatic rings. The number of methoxy groups -OCH3 is 1. The molecule has 2 aliphatic rings. The number of ether oxygens (including phenoxy) is 1. The highest BCUT2D eigenvalue weighted by atomic mass is 79.9. The third-order valence-electron chi connectivity index (χ3n) is 2.70. The number of hydrogen-bond acceptors (Lipinski definition) is 3. The van der Waals surface area contributed by atoms with Crippen molar-refractivity contribution < 1.29 is 9.53 Å². The zero-order valence-electron chi connectivity index (χ0n) is 8.90. The van der Waals surface area contributed by atoms with E-state index in [4.69, 9.17) is 4.74 Å². The van der Waals surface area contributed by atoms with Gasteiger partial charge >= 0.3 is 0 Å². The zero-order chi connectivity index (χ0) is 12.0. The summed E-state index contributed by atoms with van der Waals surface area (Å²) in [6.45, 7) is 0. The minimum Gasteiger partial charge on any atom is -0.496 e. The molecule has 0 aromatic heterocycles. The number of halogens is 1. The molecule has 1 aromatic carbocycles. The Bertz CT molecular complexity index is 630. The van der Waals surface area contributed by atoms with Crippen molar-refractivity contribution >= 4 is 45.0 Å². The lowest BCUT2D eigenvalue weighted by molar-refractivity contribution is -0.111. The van der Waals surface area contributed by atoms with Crippen molar-refractivity contribution in [1.82, 2.24) is 0 Å². The first-order chi connectivity index (χ1) is 8.22. The van der Waals surface area contributed by atoms with Gasteiger partial charge in [0.15, 0.2) is 0 Å². The summed E-state index contributed by atoms with van der Waals surface area (Å²) in [4.78, 5) is 19.6. The number of rotatable bonds is 1.